The van der Waals surface area contributed by atoms with Crippen LogP contribution < -0.4 is 10.9 Å². The molecule has 1 aromatic heterocycles. The number of hydrogen-bond donors (Lipinski definition) is 2. The molecule has 0 unspecified atom stereocenters. The summed E-state index contributed by atoms with van der Waals surface area (Å²) in [5.74, 6) is 0. The molecule has 0 aromatic carbocycles. The molecule has 0 fully saturated rings. The van der Waals surface area contributed by atoms with E-state index in [1.165, 1.54) is 10.9 Å². The van der Waals surface area contributed by atoms with E-state index >= 15 is 0 Å². The average molecular weight is 244 g/mol. The van der Waals surface area contributed by atoms with Crippen molar-refractivity contribution in [3.8, 4) is 0 Å². The second-order valence-corrected chi connectivity index (χ2v) is 3.53. The Kier molecular flexibility index (Phi) is 5.01. The van der Waals surface area contributed by atoms with Gasteiger partial charge in [0.1, 0.15) is 5.02 Å². The van der Waals surface area contributed by atoms with E-state index in [2.05, 4.69) is 17.0 Å². The molecule has 1 aromatic rings. The van der Waals surface area contributed by atoms with Crippen molar-refractivity contribution in [1.82, 2.24) is 9.78 Å². The number of allylic oxidation sites excluding steroid dienone is 1. The third-order valence-corrected chi connectivity index (χ3v) is 2.30. The lowest BCUT2D eigenvalue weighted by molar-refractivity contribution is 0.292. The zero-order chi connectivity index (χ0) is 12.0. The topological polar surface area (TPSA) is 67.2 Å². The molecule has 88 valence electrons. The lowest BCUT2D eigenvalue weighted by atomic mass is 10.4. The Morgan fingerprint density at radius 2 is 2.44 bits per heavy atom. The number of hydrogen-bond acceptors (Lipinski definition) is 4. The summed E-state index contributed by atoms with van der Waals surface area (Å²) in [7, 11) is 0. The lowest BCUT2D eigenvalue weighted by Gasteiger charge is -2.08. The Balaban J connectivity index is 2.85. The van der Waals surface area contributed by atoms with Gasteiger partial charge in [-0.15, -0.1) is 6.58 Å². The largest absolute Gasteiger partial charge is 0.396 e. The number of aromatic nitrogens is 2. The number of nitrogens with one attached hydrogen (secondary N) is 1. The monoisotopic (exact) mass is 243 g/mol. The van der Waals surface area contributed by atoms with Gasteiger partial charge in [0, 0.05) is 13.2 Å². The zero-order valence-corrected chi connectivity index (χ0v) is 9.57. The number of anilines is 1. The number of nitrogens with zero attached hydrogens (tertiary/aromatic N) is 2. The molecule has 5 nitrogen and oxygen atoms in total. The van der Waals surface area contributed by atoms with Crippen LogP contribution in [0.1, 0.15) is 6.42 Å². The van der Waals surface area contributed by atoms with Crippen LogP contribution in [0, 0.1) is 0 Å². The summed E-state index contributed by atoms with van der Waals surface area (Å²) in [5, 5.41) is 15.6. The minimum atomic E-state index is -0.351. The van der Waals surface area contributed by atoms with E-state index < -0.39 is 0 Å². The van der Waals surface area contributed by atoms with Crippen LogP contribution in [0.25, 0.3) is 0 Å². The molecule has 0 aliphatic rings. The molecule has 0 radical (unpaired) electrons. The second-order valence-electron chi connectivity index (χ2n) is 3.15. The molecule has 16 heavy (non-hydrogen) atoms. The molecule has 6 heteroatoms. The summed E-state index contributed by atoms with van der Waals surface area (Å²) in [6.07, 6.45) is 3.65. The Bertz CT molecular complexity index is 417. The van der Waals surface area contributed by atoms with Crippen molar-refractivity contribution in [2.75, 3.05) is 18.5 Å². The Hall–Kier alpha value is -1.33. The predicted molar refractivity (Wildman–Crippen MR) is 63.9 cm³/mol. The van der Waals surface area contributed by atoms with Crippen molar-refractivity contribution in [3.63, 3.8) is 0 Å². The molecule has 0 amide bonds. The lowest BCUT2D eigenvalue weighted by Crippen LogP contribution is -2.23. The van der Waals surface area contributed by atoms with E-state index in [9.17, 15) is 4.79 Å². The van der Waals surface area contributed by atoms with E-state index in [1.807, 2.05) is 0 Å². The molecule has 1 heterocycles. The summed E-state index contributed by atoms with van der Waals surface area (Å²) in [5.41, 5.74) is 0.135. The minimum absolute atomic E-state index is 0.0889. The highest BCUT2D eigenvalue weighted by Gasteiger charge is 2.07. The van der Waals surface area contributed by atoms with Gasteiger partial charge in [0.2, 0.25) is 0 Å². The number of aliphatic hydroxyl groups is 1. The van der Waals surface area contributed by atoms with Crippen molar-refractivity contribution >= 4 is 17.3 Å². The van der Waals surface area contributed by atoms with E-state index in [4.69, 9.17) is 16.7 Å². The molecule has 0 aliphatic heterocycles. The first-order chi connectivity index (χ1) is 7.70. The van der Waals surface area contributed by atoms with Gasteiger partial charge in [-0.2, -0.15) is 5.10 Å². The van der Waals surface area contributed by atoms with Crippen molar-refractivity contribution in [3.05, 3.63) is 34.2 Å². The van der Waals surface area contributed by atoms with Crippen molar-refractivity contribution in [2.45, 2.75) is 13.0 Å². The maximum absolute atomic E-state index is 11.6. The van der Waals surface area contributed by atoms with Crippen LogP contribution in [0.4, 0.5) is 5.69 Å². The van der Waals surface area contributed by atoms with E-state index in [0.29, 0.717) is 25.2 Å². The zero-order valence-electron chi connectivity index (χ0n) is 8.82. The van der Waals surface area contributed by atoms with Crippen LogP contribution in [0.3, 0.4) is 0 Å². The normalized spacial score (nSPS) is 10.1. The molecule has 0 saturated heterocycles. The fraction of sp³-hybridized carbons (Fsp3) is 0.400. The first kappa shape index (κ1) is 12.7. The van der Waals surface area contributed by atoms with Crippen molar-refractivity contribution in [2.24, 2.45) is 0 Å². The van der Waals surface area contributed by atoms with Crippen LogP contribution in [0.5, 0.6) is 0 Å². The summed E-state index contributed by atoms with van der Waals surface area (Å²) < 4.78 is 1.23. The number of aliphatic hydroxyl groups excluding tert-OH is 1. The molecule has 2 N–H and O–H groups in total. The maximum Gasteiger partial charge on any atom is 0.287 e. The van der Waals surface area contributed by atoms with Gasteiger partial charge in [-0.3, -0.25) is 4.79 Å². The van der Waals surface area contributed by atoms with Gasteiger partial charge < -0.3 is 10.4 Å². The Morgan fingerprint density at radius 3 is 3.06 bits per heavy atom. The van der Waals surface area contributed by atoms with Crippen LogP contribution in [-0.2, 0) is 6.54 Å². The molecule has 0 atom stereocenters. The van der Waals surface area contributed by atoms with Gasteiger partial charge in [-0.1, -0.05) is 17.7 Å². The predicted octanol–water partition coefficient (Wildman–Crippen LogP) is 0.877. The molecular formula is C10H14ClN3O2. The van der Waals surface area contributed by atoms with Gasteiger partial charge in [-0.05, 0) is 6.42 Å². The van der Waals surface area contributed by atoms with Gasteiger partial charge in [0.15, 0.2) is 0 Å². The van der Waals surface area contributed by atoms with Crippen LogP contribution >= 0.6 is 11.6 Å². The highest BCUT2D eigenvalue weighted by molar-refractivity contribution is 6.32. The van der Waals surface area contributed by atoms with E-state index in [1.54, 1.807) is 6.08 Å². The van der Waals surface area contributed by atoms with Gasteiger partial charge in [0.05, 0.1) is 18.4 Å². The first-order valence-electron chi connectivity index (χ1n) is 4.92. The van der Waals surface area contributed by atoms with Gasteiger partial charge in [-0.25, -0.2) is 4.68 Å². The molecule has 0 aliphatic carbocycles. The molecule has 0 saturated carbocycles. The van der Waals surface area contributed by atoms with E-state index in [-0.39, 0.29) is 17.2 Å². The fourth-order valence-electron chi connectivity index (χ4n) is 1.14. The third-order valence-electron chi connectivity index (χ3n) is 1.94. The van der Waals surface area contributed by atoms with E-state index in [0.717, 1.165) is 0 Å². The third kappa shape index (κ3) is 3.08. The molecule has 0 bridgehead atoms. The Morgan fingerprint density at radius 1 is 1.69 bits per heavy atom. The quantitative estimate of drug-likeness (QED) is 0.575. The first-order valence-corrected chi connectivity index (χ1v) is 5.29. The summed E-state index contributed by atoms with van der Waals surface area (Å²) in [6.45, 7) is 4.49. The Labute approximate surface area is 98.4 Å². The second kappa shape index (κ2) is 6.30. The summed E-state index contributed by atoms with van der Waals surface area (Å²) in [4.78, 5) is 11.6. The van der Waals surface area contributed by atoms with Crippen molar-refractivity contribution in [1.29, 1.82) is 0 Å². The highest BCUT2D eigenvalue weighted by atomic mass is 35.5. The number of halogens is 1. The molecular weight excluding hydrogens is 230 g/mol. The summed E-state index contributed by atoms with van der Waals surface area (Å²) in [6, 6.07) is 0. The minimum Gasteiger partial charge on any atom is -0.396 e. The summed E-state index contributed by atoms with van der Waals surface area (Å²) >= 11 is 5.88. The van der Waals surface area contributed by atoms with Crippen LogP contribution in [0.2, 0.25) is 5.02 Å². The fourth-order valence-corrected chi connectivity index (χ4v) is 1.36. The standard InChI is InChI=1S/C10H14ClN3O2/c1-2-5-14-10(16)9(11)8(7-13-14)12-4-3-6-15/h2,7,12,15H,1,3-6H2. The average Bonchev–Trinajstić information content (AvgIpc) is 2.28. The highest BCUT2D eigenvalue weighted by Crippen LogP contribution is 2.14. The van der Waals surface area contributed by atoms with Crippen LogP contribution in [-0.4, -0.2) is 28.0 Å². The molecule has 1 rings (SSSR count). The van der Waals surface area contributed by atoms with Crippen LogP contribution in [0.15, 0.2) is 23.6 Å². The molecule has 0 spiro atoms. The van der Waals surface area contributed by atoms with Crippen molar-refractivity contribution < 1.29 is 5.11 Å². The smallest absolute Gasteiger partial charge is 0.287 e. The number of rotatable bonds is 6. The van der Waals surface area contributed by atoms with Gasteiger partial charge in [0.25, 0.3) is 5.56 Å². The van der Waals surface area contributed by atoms with Gasteiger partial charge >= 0.3 is 0 Å². The maximum atomic E-state index is 11.6. The SMILES string of the molecule is C=CCn1ncc(NCCCO)c(Cl)c1=O.